The van der Waals surface area contributed by atoms with Crippen LogP contribution in [0.25, 0.3) is 33.6 Å². The molecular formula is C44H50N8O7. The van der Waals surface area contributed by atoms with Gasteiger partial charge in [-0.25, -0.2) is 19.6 Å². The summed E-state index contributed by atoms with van der Waals surface area (Å²) in [5.74, 6) is 0.449. The highest BCUT2D eigenvalue weighted by molar-refractivity contribution is 6.02. The third-order valence-corrected chi connectivity index (χ3v) is 11.1. The summed E-state index contributed by atoms with van der Waals surface area (Å²) in [5, 5.41) is 15.6. The molecule has 0 saturated heterocycles. The Morgan fingerprint density at radius 3 is 2.05 bits per heavy atom. The lowest BCUT2D eigenvalue weighted by molar-refractivity contribution is -0.138. The molecule has 2 aromatic heterocycles. The van der Waals surface area contributed by atoms with Crippen LogP contribution in [-0.2, 0) is 31.9 Å². The smallest absolute Gasteiger partial charge is 0.407 e. The number of aromatic nitrogens is 4. The first kappa shape index (κ1) is 40.7. The number of nitrogens with one attached hydrogen (secondary N) is 4. The number of aryl methyl sites for hydroxylation is 1. The monoisotopic (exact) mass is 802 g/mol. The van der Waals surface area contributed by atoms with Crippen LogP contribution in [0, 0.1) is 5.92 Å². The van der Waals surface area contributed by atoms with Crippen molar-refractivity contribution in [2.24, 2.45) is 5.92 Å². The number of rotatable bonds is 12. The average Bonchev–Trinajstić information content (AvgIpc) is 4.00. The number of aliphatic hydroxyl groups is 1. The van der Waals surface area contributed by atoms with E-state index in [2.05, 4.69) is 25.6 Å². The van der Waals surface area contributed by atoms with Gasteiger partial charge in [0.15, 0.2) is 0 Å². The van der Waals surface area contributed by atoms with Gasteiger partial charge >= 0.3 is 12.2 Å². The maximum Gasteiger partial charge on any atom is 0.407 e. The number of alkyl carbamates (subject to hydrolysis) is 2. The predicted molar refractivity (Wildman–Crippen MR) is 221 cm³/mol. The van der Waals surface area contributed by atoms with Crippen LogP contribution in [0.2, 0.25) is 0 Å². The molecule has 2 aliphatic heterocycles. The molecule has 7 rings (SSSR count). The first-order valence-corrected chi connectivity index (χ1v) is 19.8. The van der Waals surface area contributed by atoms with Crippen LogP contribution >= 0.6 is 0 Å². The van der Waals surface area contributed by atoms with Crippen LogP contribution in [0.4, 0.5) is 15.3 Å². The molecule has 0 spiro atoms. The fraction of sp³-hybridized carbons (Fsp3) is 0.364. The van der Waals surface area contributed by atoms with Gasteiger partial charge in [0.2, 0.25) is 11.8 Å². The lowest BCUT2D eigenvalue weighted by atomic mass is 10.0. The van der Waals surface area contributed by atoms with Crippen molar-refractivity contribution in [3.8, 4) is 33.6 Å². The van der Waals surface area contributed by atoms with E-state index in [1.54, 1.807) is 24.2 Å². The lowest BCUT2D eigenvalue weighted by Crippen LogP contribution is -2.53. The van der Waals surface area contributed by atoms with E-state index >= 15 is 0 Å². The molecule has 0 radical (unpaired) electrons. The Morgan fingerprint density at radius 1 is 0.847 bits per heavy atom. The van der Waals surface area contributed by atoms with Gasteiger partial charge in [0.1, 0.15) is 23.7 Å². The number of carbonyl (C=O) groups is 4. The van der Waals surface area contributed by atoms with Crippen LogP contribution < -0.4 is 15.5 Å². The van der Waals surface area contributed by atoms with Crippen molar-refractivity contribution >= 4 is 29.7 Å². The van der Waals surface area contributed by atoms with E-state index in [-0.39, 0.29) is 30.3 Å². The van der Waals surface area contributed by atoms with Crippen LogP contribution in [0.1, 0.15) is 69.0 Å². The van der Waals surface area contributed by atoms with E-state index in [1.165, 1.54) is 19.1 Å². The Kier molecular flexibility index (Phi) is 11.8. The zero-order valence-corrected chi connectivity index (χ0v) is 34.0. The van der Waals surface area contributed by atoms with Gasteiger partial charge in [-0.05, 0) is 66.0 Å². The number of carbonyl (C=O) groups excluding carboxylic acids is 4. The van der Waals surface area contributed by atoms with Gasteiger partial charge in [-0.3, -0.25) is 14.5 Å². The number of hydrogen-bond acceptors (Lipinski definition) is 9. The fourth-order valence-corrected chi connectivity index (χ4v) is 7.97. The third-order valence-electron chi connectivity index (χ3n) is 11.1. The number of para-hydroxylation sites is 1. The second-order valence-corrected chi connectivity index (χ2v) is 15.5. The Hall–Kier alpha value is -6.48. The van der Waals surface area contributed by atoms with Gasteiger partial charge in [-0.15, -0.1) is 0 Å². The number of nitrogens with zero attached hydrogens (tertiary/aromatic N) is 4. The molecule has 2 aliphatic rings. The van der Waals surface area contributed by atoms with Gasteiger partial charge in [0, 0.05) is 13.0 Å². The van der Waals surface area contributed by atoms with Gasteiger partial charge < -0.3 is 40.1 Å². The second-order valence-electron chi connectivity index (χ2n) is 15.5. The largest absolute Gasteiger partial charge is 0.453 e. The quantitative estimate of drug-likeness (QED) is 0.0993. The van der Waals surface area contributed by atoms with E-state index in [0.717, 1.165) is 50.5 Å². The Morgan fingerprint density at radius 2 is 1.44 bits per heavy atom. The number of hydrogen-bond donors (Lipinski definition) is 5. The SMILES string of the molecule is COC(=O)N[C@H]1CCc2cccc3c2N(C1=O)[C@H](c1ncc(-c2ccc(-c4ccc(-c5cnc([C@H](C)N(C[C@H](C)O)C(=O)[C@@H](NC(=O)OC)C(C)C)[nH]5)cc4)cc2)[nH]1)C3. The summed E-state index contributed by atoms with van der Waals surface area (Å²) in [7, 11) is 2.53. The van der Waals surface area contributed by atoms with Crippen molar-refractivity contribution in [1.29, 1.82) is 0 Å². The van der Waals surface area contributed by atoms with Crippen molar-refractivity contribution in [1.82, 2.24) is 35.5 Å². The highest BCUT2D eigenvalue weighted by atomic mass is 16.5. The molecule has 15 nitrogen and oxygen atoms in total. The Balaban J connectivity index is 1.04. The molecule has 0 aliphatic carbocycles. The number of methoxy groups -OCH3 is 2. The number of aliphatic hydroxyl groups excluding tert-OH is 1. The summed E-state index contributed by atoms with van der Waals surface area (Å²) in [6.07, 6.45) is 3.09. The summed E-state index contributed by atoms with van der Waals surface area (Å²) < 4.78 is 9.55. The highest BCUT2D eigenvalue weighted by Crippen LogP contribution is 2.44. The second kappa shape index (κ2) is 17.2. The molecule has 0 bridgehead atoms. The molecule has 5 N–H and O–H groups in total. The fourth-order valence-electron chi connectivity index (χ4n) is 7.97. The minimum absolute atomic E-state index is 0.0465. The summed E-state index contributed by atoms with van der Waals surface area (Å²) in [4.78, 5) is 71.2. The zero-order valence-electron chi connectivity index (χ0n) is 34.0. The maximum absolute atomic E-state index is 13.9. The predicted octanol–water partition coefficient (Wildman–Crippen LogP) is 6.09. The number of amides is 4. The molecule has 0 saturated carbocycles. The number of ether oxygens (including phenoxy) is 2. The van der Waals surface area contributed by atoms with E-state index in [1.807, 2.05) is 87.5 Å². The number of benzene rings is 3. The van der Waals surface area contributed by atoms with Crippen molar-refractivity contribution in [3.05, 3.63) is 102 Å². The Bertz CT molecular complexity index is 2320. The van der Waals surface area contributed by atoms with Gasteiger partial charge in [0.05, 0.1) is 61.9 Å². The lowest BCUT2D eigenvalue weighted by Gasteiger charge is -2.33. The maximum atomic E-state index is 13.9. The highest BCUT2D eigenvalue weighted by Gasteiger charge is 2.43. The van der Waals surface area contributed by atoms with Crippen molar-refractivity contribution in [2.45, 2.75) is 77.2 Å². The summed E-state index contributed by atoms with van der Waals surface area (Å²) >= 11 is 0. The van der Waals surface area contributed by atoms with E-state index in [4.69, 9.17) is 14.5 Å². The van der Waals surface area contributed by atoms with Crippen molar-refractivity contribution in [2.75, 3.05) is 25.7 Å². The number of H-pyrrole nitrogens is 2. The number of aromatic amines is 2. The van der Waals surface area contributed by atoms with Crippen molar-refractivity contribution < 1.29 is 33.8 Å². The summed E-state index contributed by atoms with van der Waals surface area (Å²) in [5.41, 5.74) is 8.52. The van der Waals surface area contributed by atoms with E-state index in [9.17, 15) is 24.3 Å². The van der Waals surface area contributed by atoms with Crippen LogP contribution in [0.15, 0.2) is 79.1 Å². The van der Waals surface area contributed by atoms with Crippen LogP contribution in [0.3, 0.4) is 0 Å². The van der Waals surface area contributed by atoms with Crippen LogP contribution in [-0.4, -0.2) is 92.9 Å². The van der Waals surface area contributed by atoms with Crippen molar-refractivity contribution in [3.63, 3.8) is 0 Å². The minimum atomic E-state index is -0.852. The molecule has 0 unspecified atom stereocenters. The molecule has 4 heterocycles. The zero-order chi connectivity index (χ0) is 42.0. The Labute approximate surface area is 342 Å². The molecule has 15 heteroatoms. The minimum Gasteiger partial charge on any atom is -0.453 e. The van der Waals surface area contributed by atoms with Gasteiger partial charge in [0.25, 0.3) is 0 Å². The average molecular weight is 803 g/mol. The molecule has 4 amide bonds. The van der Waals surface area contributed by atoms with Gasteiger partial charge in [-0.2, -0.15) is 0 Å². The molecule has 5 aromatic rings. The molecule has 0 fully saturated rings. The topological polar surface area (TPSA) is 195 Å². The van der Waals surface area contributed by atoms with E-state index < -0.39 is 36.4 Å². The molecule has 5 atom stereocenters. The van der Waals surface area contributed by atoms with Crippen LogP contribution in [0.5, 0.6) is 0 Å². The normalized spacial score (nSPS) is 17.4. The molecule has 308 valence electrons. The number of imidazole rings is 2. The summed E-state index contributed by atoms with van der Waals surface area (Å²) in [6, 6.07) is 19.9. The molecular weight excluding hydrogens is 753 g/mol. The molecule has 3 aromatic carbocycles. The third kappa shape index (κ3) is 8.42. The standard InChI is InChI=1S/C44H50N8O7/c1-24(2)37(50-44(57)59-6)42(55)51(23-25(3)53)26(4)39-45-21-34(47-39)29-14-10-27(11-15-29)28-12-16-30(17-13-28)35-22-46-40(48-35)36-20-32-9-7-8-31-18-19-33(49-43(56)58-5)41(54)52(36)38(31)32/h7-17,21-22,24-26,33,36-37,53H,18-20,23H2,1-6H3,(H,45,47)(H,46,48)(H,49,56)(H,50,57)/t25-,26-,33-,36-,37-/m0/s1. The number of anilines is 1. The van der Waals surface area contributed by atoms with Gasteiger partial charge in [-0.1, -0.05) is 80.6 Å². The summed E-state index contributed by atoms with van der Waals surface area (Å²) in [6.45, 7) is 7.14. The first-order chi connectivity index (χ1) is 28.4. The van der Waals surface area contributed by atoms with E-state index in [0.29, 0.717) is 30.9 Å². The molecule has 59 heavy (non-hydrogen) atoms. The first-order valence-electron chi connectivity index (χ1n) is 19.8.